The predicted molar refractivity (Wildman–Crippen MR) is 40.1 cm³/mol. The monoisotopic (exact) mass is 148 g/mol. The van der Waals surface area contributed by atoms with Gasteiger partial charge in [0.05, 0.1) is 11.3 Å². The molecule has 2 heterocycles. The van der Waals surface area contributed by atoms with Crippen LogP contribution >= 0.6 is 0 Å². The Kier molecular flexibility index (Phi) is 1.18. The zero-order valence-electron chi connectivity index (χ0n) is 6.22. The van der Waals surface area contributed by atoms with Crippen LogP contribution in [0.15, 0.2) is 12.3 Å². The van der Waals surface area contributed by atoms with Crippen LogP contribution in [0.5, 0.6) is 0 Å². The summed E-state index contributed by atoms with van der Waals surface area (Å²) in [5.41, 5.74) is 2.63. The summed E-state index contributed by atoms with van der Waals surface area (Å²) in [6.07, 6.45) is 1.73. The number of pyridine rings is 1. The van der Waals surface area contributed by atoms with Gasteiger partial charge in [0.1, 0.15) is 0 Å². The molecule has 0 fully saturated rings. The van der Waals surface area contributed by atoms with E-state index in [9.17, 15) is 4.79 Å². The number of hydrogen-bond acceptors (Lipinski definition) is 2. The van der Waals surface area contributed by atoms with E-state index in [4.69, 9.17) is 0 Å². The number of nitrogens with one attached hydrogen (secondary N) is 1. The topological polar surface area (TPSA) is 42.0 Å². The van der Waals surface area contributed by atoms with Gasteiger partial charge in [-0.05, 0) is 18.6 Å². The molecule has 0 saturated heterocycles. The maximum absolute atomic E-state index is 11.1. The summed E-state index contributed by atoms with van der Waals surface area (Å²) in [7, 11) is 0. The van der Waals surface area contributed by atoms with Gasteiger partial charge in [0.2, 0.25) is 0 Å². The Morgan fingerprint density at radius 1 is 1.64 bits per heavy atom. The third-order valence-electron chi connectivity index (χ3n) is 1.89. The number of rotatable bonds is 0. The van der Waals surface area contributed by atoms with Gasteiger partial charge in [-0.3, -0.25) is 9.78 Å². The number of aromatic nitrogens is 1. The van der Waals surface area contributed by atoms with Crippen molar-refractivity contribution < 1.29 is 4.79 Å². The van der Waals surface area contributed by atoms with Gasteiger partial charge in [0.25, 0.3) is 5.91 Å². The molecule has 0 unspecified atom stereocenters. The quantitative estimate of drug-likeness (QED) is 0.586. The molecule has 2 rings (SSSR count). The lowest BCUT2D eigenvalue weighted by Gasteiger charge is -1.96. The van der Waals surface area contributed by atoms with Crippen molar-refractivity contribution in [2.75, 3.05) is 0 Å². The van der Waals surface area contributed by atoms with Crippen molar-refractivity contribution in [1.82, 2.24) is 10.3 Å². The third-order valence-corrected chi connectivity index (χ3v) is 1.89. The summed E-state index contributed by atoms with van der Waals surface area (Å²) in [6, 6.07) is 1.88. The van der Waals surface area contributed by atoms with E-state index in [2.05, 4.69) is 10.3 Å². The van der Waals surface area contributed by atoms with Crippen LogP contribution in [0, 0.1) is 6.92 Å². The van der Waals surface area contributed by atoms with Gasteiger partial charge < -0.3 is 5.32 Å². The normalized spacial score (nSPS) is 14.5. The molecule has 0 spiro atoms. The van der Waals surface area contributed by atoms with Gasteiger partial charge in [0, 0.05) is 12.7 Å². The molecule has 3 nitrogen and oxygen atoms in total. The number of carbonyl (C=O) groups excluding carboxylic acids is 1. The highest BCUT2D eigenvalue weighted by Crippen LogP contribution is 2.16. The molecule has 1 N–H and O–H groups in total. The molecule has 1 aliphatic rings. The molecule has 1 aromatic rings. The van der Waals surface area contributed by atoms with E-state index in [0.717, 1.165) is 16.8 Å². The molecular weight excluding hydrogens is 140 g/mol. The number of fused-ring (bicyclic) bond motifs is 1. The lowest BCUT2D eigenvalue weighted by atomic mass is 10.1. The van der Waals surface area contributed by atoms with Crippen molar-refractivity contribution >= 4 is 5.91 Å². The van der Waals surface area contributed by atoms with E-state index in [-0.39, 0.29) is 5.91 Å². The average Bonchev–Trinajstić information content (AvgIpc) is 2.34. The van der Waals surface area contributed by atoms with Crippen LogP contribution in [-0.4, -0.2) is 10.9 Å². The molecule has 1 aromatic heterocycles. The Balaban J connectivity index is 2.68. The first-order valence-corrected chi connectivity index (χ1v) is 3.52. The Labute approximate surface area is 64.5 Å². The Bertz CT molecular complexity index is 320. The molecule has 0 aromatic carbocycles. The molecule has 0 radical (unpaired) electrons. The lowest BCUT2D eigenvalue weighted by Crippen LogP contribution is -2.13. The van der Waals surface area contributed by atoms with Crippen molar-refractivity contribution in [3.63, 3.8) is 0 Å². The Morgan fingerprint density at radius 2 is 2.45 bits per heavy atom. The first-order chi connectivity index (χ1) is 5.29. The number of nitrogens with zero attached hydrogens (tertiary/aromatic N) is 1. The van der Waals surface area contributed by atoms with Gasteiger partial charge in [-0.1, -0.05) is 0 Å². The fourth-order valence-electron chi connectivity index (χ4n) is 1.34. The zero-order valence-corrected chi connectivity index (χ0v) is 6.22. The SMILES string of the molecule is Cc1nccc2c1C(=O)NC2. The van der Waals surface area contributed by atoms with E-state index in [1.165, 1.54) is 0 Å². The third kappa shape index (κ3) is 0.808. The van der Waals surface area contributed by atoms with Gasteiger partial charge in [-0.15, -0.1) is 0 Å². The predicted octanol–water partition coefficient (Wildman–Crippen LogP) is 0.633. The zero-order chi connectivity index (χ0) is 7.84. The van der Waals surface area contributed by atoms with Gasteiger partial charge in [-0.25, -0.2) is 0 Å². The van der Waals surface area contributed by atoms with E-state index >= 15 is 0 Å². The highest BCUT2D eigenvalue weighted by molar-refractivity contribution is 5.99. The fraction of sp³-hybridized carbons (Fsp3) is 0.250. The molecule has 0 saturated carbocycles. The maximum atomic E-state index is 11.1. The Morgan fingerprint density at radius 3 is 3.18 bits per heavy atom. The highest BCUT2D eigenvalue weighted by Gasteiger charge is 2.20. The first-order valence-electron chi connectivity index (χ1n) is 3.52. The molecular formula is C8H8N2O. The number of hydrogen-bond donors (Lipinski definition) is 1. The second-order valence-corrected chi connectivity index (χ2v) is 2.61. The fourth-order valence-corrected chi connectivity index (χ4v) is 1.34. The highest BCUT2D eigenvalue weighted by atomic mass is 16.1. The average molecular weight is 148 g/mol. The van der Waals surface area contributed by atoms with Crippen LogP contribution in [0.4, 0.5) is 0 Å². The molecule has 0 aliphatic carbocycles. The minimum absolute atomic E-state index is 0.00519. The van der Waals surface area contributed by atoms with Crippen LogP contribution in [0.1, 0.15) is 21.6 Å². The molecule has 56 valence electrons. The van der Waals surface area contributed by atoms with Gasteiger partial charge >= 0.3 is 0 Å². The number of carbonyl (C=O) groups is 1. The smallest absolute Gasteiger partial charge is 0.253 e. The molecule has 11 heavy (non-hydrogen) atoms. The summed E-state index contributed by atoms with van der Waals surface area (Å²) in [5, 5.41) is 2.75. The summed E-state index contributed by atoms with van der Waals surface area (Å²) in [5.74, 6) is 0.00519. The van der Waals surface area contributed by atoms with Crippen molar-refractivity contribution in [2.24, 2.45) is 0 Å². The largest absolute Gasteiger partial charge is 0.348 e. The van der Waals surface area contributed by atoms with E-state index in [0.29, 0.717) is 6.54 Å². The summed E-state index contributed by atoms with van der Waals surface area (Å²) < 4.78 is 0. The second-order valence-electron chi connectivity index (χ2n) is 2.61. The maximum Gasteiger partial charge on any atom is 0.253 e. The van der Waals surface area contributed by atoms with Crippen molar-refractivity contribution in [2.45, 2.75) is 13.5 Å². The van der Waals surface area contributed by atoms with Crippen molar-refractivity contribution in [3.8, 4) is 0 Å². The van der Waals surface area contributed by atoms with Gasteiger partial charge in [0.15, 0.2) is 0 Å². The first kappa shape index (κ1) is 6.34. The standard InChI is InChI=1S/C8H8N2O/c1-5-7-6(2-3-9-5)4-10-8(7)11/h2-3H,4H2,1H3,(H,10,11). The van der Waals surface area contributed by atoms with E-state index in [1.807, 2.05) is 13.0 Å². The molecule has 1 aliphatic heterocycles. The second kappa shape index (κ2) is 2.05. The van der Waals surface area contributed by atoms with Crippen molar-refractivity contribution in [3.05, 3.63) is 29.1 Å². The molecule has 0 bridgehead atoms. The van der Waals surface area contributed by atoms with Gasteiger partial charge in [-0.2, -0.15) is 0 Å². The Hall–Kier alpha value is -1.38. The lowest BCUT2D eigenvalue weighted by molar-refractivity contribution is 0.0965. The van der Waals surface area contributed by atoms with Crippen LogP contribution in [-0.2, 0) is 6.54 Å². The number of amides is 1. The van der Waals surface area contributed by atoms with Crippen LogP contribution < -0.4 is 5.32 Å². The van der Waals surface area contributed by atoms with E-state index < -0.39 is 0 Å². The van der Waals surface area contributed by atoms with Crippen molar-refractivity contribution in [1.29, 1.82) is 0 Å². The summed E-state index contributed by atoms with van der Waals surface area (Å²) in [4.78, 5) is 15.2. The summed E-state index contributed by atoms with van der Waals surface area (Å²) >= 11 is 0. The van der Waals surface area contributed by atoms with E-state index in [1.54, 1.807) is 6.20 Å². The molecule has 3 heteroatoms. The summed E-state index contributed by atoms with van der Waals surface area (Å²) in [6.45, 7) is 2.50. The van der Waals surface area contributed by atoms with Crippen LogP contribution in [0.2, 0.25) is 0 Å². The minimum atomic E-state index is 0.00519. The van der Waals surface area contributed by atoms with Crippen LogP contribution in [0.25, 0.3) is 0 Å². The van der Waals surface area contributed by atoms with Crippen LogP contribution in [0.3, 0.4) is 0 Å². The molecule has 0 atom stereocenters. The molecule has 1 amide bonds. The minimum Gasteiger partial charge on any atom is -0.348 e. The number of aryl methyl sites for hydroxylation is 1.